The number of nitriles is 1. The fourth-order valence-electron chi connectivity index (χ4n) is 3.73. The molecule has 6 nitrogen and oxygen atoms in total. The van der Waals surface area contributed by atoms with E-state index in [0.717, 1.165) is 21.8 Å². The van der Waals surface area contributed by atoms with Gasteiger partial charge in [0.2, 0.25) is 0 Å². The molecule has 2 heterocycles. The second-order valence-electron chi connectivity index (χ2n) is 7.43. The van der Waals surface area contributed by atoms with E-state index in [1.165, 1.54) is 11.3 Å². The third-order valence-electron chi connectivity index (χ3n) is 5.33. The fourth-order valence-corrected chi connectivity index (χ4v) is 4.52. The summed E-state index contributed by atoms with van der Waals surface area (Å²) in [6.45, 7) is 2.45. The van der Waals surface area contributed by atoms with Gasteiger partial charge in [-0.2, -0.15) is 5.26 Å². The van der Waals surface area contributed by atoms with Crippen LogP contribution in [0.4, 0.5) is 5.69 Å². The van der Waals surface area contributed by atoms with Crippen molar-refractivity contribution in [2.24, 2.45) is 0 Å². The molecule has 0 spiro atoms. The summed E-state index contributed by atoms with van der Waals surface area (Å²) in [5, 5.41) is 18.0. The molecular formula is C27H19N3O3S. The molecule has 1 N–H and O–H groups in total. The third kappa shape index (κ3) is 4.03. The number of fused-ring (bicyclic) bond motifs is 3. The van der Waals surface area contributed by atoms with Gasteiger partial charge in [-0.3, -0.25) is 0 Å². The fraction of sp³-hybridized carbons (Fsp3) is 0.0741. The van der Waals surface area contributed by atoms with E-state index >= 15 is 0 Å². The molecule has 0 aliphatic heterocycles. The molecule has 5 rings (SSSR count). The number of para-hydroxylation sites is 2. The van der Waals surface area contributed by atoms with Gasteiger partial charge in [-0.15, -0.1) is 11.3 Å². The van der Waals surface area contributed by atoms with Crippen LogP contribution in [0, 0.1) is 11.3 Å². The van der Waals surface area contributed by atoms with Crippen molar-refractivity contribution in [1.82, 2.24) is 4.98 Å². The number of nitrogens with one attached hydrogen (secondary N) is 1. The van der Waals surface area contributed by atoms with Crippen LogP contribution in [0.2, 0.25) is 0 Å². The second kappa shape index (κ2) is 9.22. The van der Waals surface area contributed by atoms with Crippen LogP contribution in [0.25, 0.3) is 38.6 Å². The molecule has 0 aliphatic rings. The Morgan fingerprint density at radius 1 is 1.15 bits per heavy atom. The van der Waals surface area contributed by atoms with Crippen molar-refractivity contribution in [1.29, 1.82) is 5.26 Å². The number of hydrogen-bond acceptors (Lipinski definition) is 7. The highest BCUT2D eigenvalue weighted by Gasteiger charge is 2.15. The average Bonchev–Trinajstić information content (AvgIpc) is 3.35. The predicted molar refractivity (Wildman–Crippen MR) is 136 cm³/mol. The maximum Gasteiger partial charge on any atom is 0.345 e. The van der Waals surface area contributed by atoms with Gasteiger partial charge in [0.1, 0.15) is 28.0 Å². The van der Waals surface area contributed by atoms with E-state index in [1.54, 1.807) is 17.6 Å². The highest BCUT2D eigenvalue weighted by Crippen LogP contribution is 2.30. The van der Waals surface area contributed by atoms with Crippen molar-refractivity contribution in [2.75, 3.05) is 11.9 Å². The Balaban J connectivity index is 1.51. The molecule has 0 fully saturated rings. The molecule has 0 saturated heterocycles. The lowest BCUT2D eigenvalue weighted by atomic mass is 10.0. The molecule has 0 radical (unpaired) electrons. The molecule has 166 valence electrons. The number of ether oxygens (including phenoxy) is 1. The zero-order valence-corrected chi connectivity index (χ0v) is 19.1. The number of rotatable bonds is 6. The summed E-state index contributed by atoms with van der Waals surface area (Å²) in [7, 11) is 0. The topological polar surface area (TPSA) is 88.2 Å². The van der Waals surface area contributed by atoms with Crippen molar-refractivity contribution in [2.45, 2.75) is 6.92 Å². The SMILES string of the molecule is CCOc1ccccc1NC=C(C#N)c1nc(-c2cc3c(ccc4ccccc43)oc2=O)cs1. The number of anilines is 1. The Labute approximate surface area is 199 Å². The molecule has 5 aromatic rings. The summed E-state index contributed by atoms with van der Waals surface area (Å²) in [6.07, 6.45) is 1.59. The Kier molecular flexibility index (Phi) is 5.81. The van der Waals surface area contributed by atoms with Gasteiger partial charge in [-0.1, -0.05) is 42.5 Å². The van der Waals surface area contributed by atoms with Crippen LogP contribution in [0.1, 0.15) is 11.9 Å². The maximum atomic E-state index is 12.7. The van der Waals surface area contributed by atoms with Crippen LogP contribution >= 0.6 is 11.3 Å². The second-order valence-corrected chi connectivity index (χ2v) is 8.29. The van der Waals surface area contributed by atoms with Crippen molar-refractivity contribution in [3.05, 3.63) is 93.7 Å². The van der Waals surface area contributed by atoms with Crippen LogP contribution in [0.5, 0.6) is 5.75 Å². The highest BCUT2D eigenvalue weighted by molar-refractivity contribution is 7.11. The molecule has 34 heavy (non-hydrogen) atoms. The van der Waals surface area contributed by atoms with E-state index in [1.807, 2.05) is 67.6 Å². The zero-order chi connectivity index (χ0) is 23.5. The molecule has 0 bridgehead atoms. The number of nitrogens with zero attached hydrogens (tertiary/aromatic N) is 2. The number of thiazole rings is 1. The summed E-state index contributed by atoms with van der Waals surface area (Å²) in [5.74, 6) is 0.694. The Bertz CT molecular complexity index is 1640. The van der Waals surface area contributed by atoms with E-state index in [0.29, 0.717) is 39.8 Å². The van der Waals surface area contributed by atoms with Crippen molar-refractivity contribution >= 4 is 44.3 Å². The number of aromatic nitrogens is 1. The molecule has 0 atom stereocenters. The first-order valence-electron chi connectivity index (χ1n) is 10.7. The first-order valence-corrected chi connectivity index (χ1v) is 11.6. The summed E-state index contributed by atoms with van der Waals surface area (Å²) < 4.78 is 11.2. The Morgan fingerprint density at radius 2 is 1.97 bits per heavy atom. The van der Waals surface area contributed by atoms with Crippen molar-refractivity contribution in [3.63, 3.8) is 0 Å². The van der Waals surface area contributed by atoms with E-state index in [-0.39, 0.29) is 0 Å². The summed E-state index contributed by atoms with van der Waals surface area (Å²) in [5.41, 5.74) is 1.98. The number of allylic oxidation sites excluding steroid dienone is 1. The van der Waals surface area contributed by atoms with Gasteiger partial charge >= 0.3 is 5.63 Å². The predicted octanol–water partition coefficient (Wildman–Crippen LogP) is 6.44. The Hall–Kier alpha value is -4.41. The van der Waals surface area contributed by atoms with Gasteiger partial charge in [-0.25, -0.2) is 9.78 Å². The molecule has 7 heteroatoms. The van der Waals surface area contributed by atoms with Gasteiger partial charge in [0.15, 0.2) is 0 Å². The maximum absolute atomic E-state index is 12.7. The smallest absolute Gasteiger partial charge is 0.345 e. The third-order valence-corrected chi connectivity index (χ3v) is 6.21. The number of hydrogen-bond donors (Lipinski definition) is 1. The van der Waals surface area contributed by atoms with E-state index in [4.69, 9.17) is 9.15 Å². The Morgan fingerprint density at radius 3 is 2.82 bits per heavy atom. The molecule has 0 aliphatic carbocycles. The lowest BCUT2D eigenvalue weighted by molar-refractivity contribution is 0.342. The first kappa shape index (κ1) is 21.4. The molecule has 3 aromatic carbocycles. The molecule has 2 aromatic heterocycles. The summed E-state index contributed by atoms with van der Waals surface area (Å²) in [6, 6.07) is 23.2. The minimum atomic E-state index is -0.467. The monoisotopic (exact) mass is 465 g/mol. The van der Waals surface area contributed by atoms with E-state index < -0.39 is 5.63 Å². The molecule has 0 unspecified atom stereocenters. The first-order chi connectivity index (χ1) is 16.7. The summed E-state index contributed by atoms with van der Waals surface area (Å²) in [4.78, 5) is 17.3. The zero-order valence-electron chi connectivity index (χ0n) is 18.2. The van der Waals surface area contributed by atoms with Gasteiger partial charge < -0.3 is 14.5 Å². The van der Waals surface area contributed by atoms with Crippen molar-refractivity contribution < 1.29 is 9.15 Å². The largest absolute Gasteiger partial charge is 0.492 e. The lowest BCUT2D eigenvalue weighted by Crippen LogP contribution is -2.03. The van der Waals surface area contributed by atoms with Gasteiger partial charge in [0, 0.05) is 17.0 Å². The van der Waals surface area contributed by atoms with Crippen molar-refractivity contribution in [3.8, 4) is 23.1 Å². The van der Waals surface area contributed by atoms with Gasteiger partial charge in [0.05, 0.1) is 23.6 Å². The lowest BCUT2D eigenvalue weighted by Gasteiger charge is -2.09. The summed E-state index contributed by atoms with van der Waals surface area (Å²) >= 11 is 1.29. The van der Waals surface area contributed by atoms with Crippen LogP contribution in [-0.2, 0) is 0 Å². The van der Waals surface area contributed by atoms with Gasteiger partial charge in [0.25, 0.3) is 0 Å². The van der Waals surface area contributed by atoms with Crippen LogP contribution in [0.15, 0.2) is 87.5 Å². The normalized spacial score (nSPS) is 11.5. The van der Waals surface area contributed by atoms with Crippen LogP contribution in [-0.4, -0.2) is 11.6 Å². The minimum absolute atomic E-state index is 0.346. The standard InChI is InChI=1S/C27H19N3O3S/c1-2-32-25-10-6-5-9-22(25)29-15-18(14-28)26-30-23(16-34-26)21-13-20-19-8-4-3-7-17(19)11-12-24(20)33-27(21)31/h3-13,15-16,29H,2H2,1H3. The van der Waals surface area contributed by atoms with Crippen LogP contribution in [0.3, 0.4) is 0 Å². The minimum Gasteiger partial charge on any atom is -0.492 e. The quantitative estimate of drug-likeness (QED) is 0.176. The molecular weight excluding hydrogens is 446 g/mol. The van der Waals surface area contributed by atoms with E-state index in [9.17, 15) is 10.1 Å². The number of benzene rings is 3. The average molecular weight is 466 g/mol. The van der Waals surface area contributed by atoms with E-state index in [2.05, 4.69) is 16.4 Å². The van der Waals surface area contributed by atoms with Crippen LogP contribution < -0.4 is 15.7 Å². The molecule has 0 saturated carbocycles. The highest BCUT2D eigenvalue weighted by atomic mass is 32.1. The molecule has 0 amide bonds. The van der Waals surface area contributed by atoms with Gasteiger partial charge in [-0.05, 0) is 42.0 Å².